The van der Waals surface area contributed by atoms with Crippen molar-refractivity contribution in [2.75, 3.05) is 19.0 Å². The van der Waals surface area contributed by atoms with Crippen LogP contribution in [0.3, 0.4) is 0 Å². The molecule has 2 aromatic heterocycles. The van der Waals surface area contributed by atoms with Crippen molar-refractivity contribution >= 4 is 35.0 Å². The van der Waals surface area contributed by atoms with Crippen molar-refractivity contribution in [2.45, 2.75) is 44.7 Å². The molecule has 10 nitrogen and oxygen atoms in total. The third-order valence-electron chi connectivity index (χ3n) is 5.33. The molecular formula is C21H27ClN6O4. The maximum atomic E-state index is 12.7. The topological polar surface area (TPSA) is 138 Å². The van der Waals surface area contributed by atoms with E-state index in [4.69, 9.17) is 16.3 Å². The Hall–Kier alpha value is -2.98. The summed E-state index contributed by atoms with van der Waals surface area (Å²) in [5.74, 6) is -1.13. The molecule has 1 aliphatic rings. The van der Waals surface area contributed by atoms with E-state index < -0.39 is 11.8 Å². The molecule has 1 atom stereocenters. The smallest absolute Gasteiger partial charge is 0.272 e. The number of nitrogens with zero attached hydrogens (tertiary/aromatic N) is 2. The number of anilines is 1. The van der Waals surface area contributed by atoms with E-state index in [1.54, 1.807) is 26.3 Å². The molecule has 4 N–H and O–H groups in total. The summed E-state index contributed by atoms with van der Waals surface area (Å²) >= 11 is 6.07. The molecule has 0 saturated heterocycles. The van der Waals surface area contributed by atoms with Gasteiger partial charge in [-0.05, 0) is 38.7 Å². The Morgan fingerprint density at radius 2 is 2.00 bits per heavy atom. The van der Waals surface area contributed by atoms with Gasteiger partial charge < -0.3 is 25.7 Å². The van der Waals surface area contributed by atoms with Crippen LogP contribution in [0.15, 0.2) is 24.8 Å². The van der Waals surface area contributed by atoms with Crippen LogP contribution in [0, 0.1) is 5.92 Å². The minimum absolute atomic E-state index is 0.0341. The molecule has 1 saturated carbocycles. The zero-order valence-corrected chi connectivity index (χ0v) is 18.7. The van der Waals surface area contributed by atoms with E-state index in [0.717, 1.165) is 0 Å². The van der Waals surface area contributed by atoms with Gasteiger partial charge in [0.25, 0.3) is 11.8 Å². The molecular weight excluding hydrogens is 436 g/mol. The molecule has 2 heterocycles. The molecule has 1 unspecified atom stereocenters. The van der Waals surface area contributed by atoms with Crippen LogP contribution in [0.5, 0.6) is 0 Å². The normalized spacial score (nSPS) is 19.1. The maximum Gasteiger partial charge on any atom is 0.272 e. The predicted octanol–water partition coefficient (Wildman–Crippen LogP) is 2.15. The van der Waals surface area contributed by atoms with Crippen molar-refractivity contribution in [1.82, 2.24) is 25.6 Å². The number of imidazole rings is 1. The number of H-pyrrole nitrogens is 1. The second-order valence-electron chi connectivity index (χ2n) is 7.82. The van der Waals surface area contributed by atoms with Crippen LogP contribution in [-0.2, 0) is 9.53 Å². The van der Waals surface area contributed by atoms with Crippen LogP contribution in [-0.4, -0.2) is 58.5 Å². The van der Waals surface area contributed by atoms with Gasteiger partial charge in [0, 0.05) is 31.3 Å². The lowest BCUT2D eigenvalue weighted by molar-refractivity contribution is -0.120. The zero-order chi connectivity index (χ0) is 23.1. The molecule has 32 heavy (non-hydrogen) atoms. The van der Waals surface area contributed by atoms with Crippen LogP contribution in [0.2, 0.25) is 5.02 Å². The number of pyridine rings is 1. The lowest BCUT2D eigenvalue weighted by atomic mass is 9.85. The fraction of sp³-hybridized carbons (Fsp3) is 0.476. The first-order valence-corrected chi connectivity index (χ1v) is 10.8. The van der Waals surface area contributed by atoms with Gasteiger partial charge in [-0.15, -0.1) is 0 Å². The fourth-order valence-corrected chi connectivity index (χ4v) is 3.84. The van der Waals surface area contributed by atoms with Gasteiger partial charge in [0.2, 0.25) is 5.91 Å². The molecule has 0 aromatic carbocycles. The van der Waals surface area contributed by atoms with Crippen molar-refractivity contribution in [1.29, 1.82) is 0 Å². The average Bonchev–Trinajstić information content (AvgIpc) is 3.26. The Bertz CT molecular complexity index is 957. The van der Waals surface area contributed by atoms with E-state index in [9.17, 15) is 14.4 Å². The molecule has 0 spiro atoms. The van der Waals surface area contributed by atoms with Crippen molar-refractivity contribution in [3.8, 4) is 0 Å². The third-order valence-corrected chi connectivity index (χ3v) is 5.66. The molecule has 0 radical (unpaired) electrons. The van der Waals surface area contributed by atoms with E-state index >= 15 is 0 Å². The number of ether oxygens (including phenoxy) is 1. The van der Waals surface area contributed by atoms with Crippen LogP contribution < -0.4 is 16.0 Å². The SMILES string of the molecule is COCC(C)NC(=O)c1nc[nH]c1C(=O)N[C@H]1CC[C@H](C(=O)Nc2cnccc2Cl)CC1. The maximum absolute atomic E-state index is 12.7. The molecule has 0 bridgehead atoms. The fourth-order valence-electron chi connectivity index (χ4n) is 3.69. The second kappa shape index (κ2) is 11.1. The predicted molar refractivity (Wildman–Crippen MR) is 118 cm³/mol. The van der Waals surface area contributed by atoms with Gasteiger partial charge >= 0.3 is 0 Å². The molecule has 1 fully saturated rings. The number of halogens is 1. The second-order valence-corrected chi connectivity index (χ2v) is 8.23. The van der Waals surface area contributed by atoms with Gasteiger partial charge in [0.15, 0.2) is 5.69 Å². The minimum atomic E-state index is -0.449. The van der Waals surface area contributed by atoms with Crippen molar-refractivity contribution < 1.29 is 19.1 Å². The number of aromatic nitrogens is 3. The number of rotatable bonds is 8. The minimum Gasteiger partial charge on any atom is -0.383 e. The number of hydrogen-bond donors (Lipinski definition) is 4. The number of amides is 3. The van der Waals surface area contributed by atoms with Crippen molar-refractivity contribution in [3.63, 3.8) is 0 Å². The van der Waals surface area contributed by atoms with Crippen LogP contribution in [0.4, 0.5) is 5.69 Å². The molecule has 3 rings (SSSR count). The molecule has 1 aliphatic carbocycles. The van der Waals surface area contributed by atoms with Crippen LogP contribution >= 0.6 is 11.6 Å². The summed E-state index contributed by atoms with van der Waals surface area (Å²) in [5.41, 5.74) is 0.629. The quantitative estimate of drug-likeness (QED) is 0.474. The van der Waals surface area contributed by atoms with E-state index in [-0.39, 0.29) is 35.3 Å². The zero-order valence-electron chi connectivity index (χ0n) is 18.0. The van der Waals surface area contributed by atoms with E-state index in [2.05, 4.69) is 30.9 Å². The number of carbonyl (C=O) groups is 3. The highest BCUT2D eigenvalue weighted by Crippen LogP contribution is 2.27. The molecule has 11 heteroatoms. The first-order chi connectivity index (χ1) is 15.4. The summed E-state index contributed by atoms with van der Waals surface area (Å²) in [7, 11) is 1.54. The third kappa shape index (κ3) is 6.04. The van der Waals surface area contributed by atoms with Gasteiger partial charge in [-0.1, -0.05) is 11.6 Å². The van der Waals surface area contributed by atoms with E-state index in [1.165, 1.54) is 12.5 Å². The Labute approximate surface area is 190 Å². The Morgan fingerprint density at radius 1 is 1.25 bits per heavy atom. The molecule has 172 valence electrons. The van der Waals surface area contributed by atoms with Gasteiger partial charge in [-0.3, -0.25) is 19.4 Å². The largest absolute Gasteiger partial charge is 0.383 e. The van der Waals surface area contributed by atoms with Crippen LogP contribution in [0.25, 0.3) is 0 Å². The van der Waals surface area contributed by atoms with Crippen LogP contribution in [0.1, 0.15) is 53.6 Å². The number of aromatic amines is 1. The Balaban J connectivity index is 1.51. The van der Waals surface area contributed by atoms with Gasteiger partial charge in [-0.2, -0.15) is 0 Å². The first kappa shape index (κ1) is 23.7. The lowest BCUT2D eigenvalue weighted by Gasteiger charge is -2.28. The summed E-state index contributed by atoms with van der Waals surface area (Å²) in [6.07, 6.45) is 6.92. The first-order valence-electron chi connectivity index (χ1n) is 10.4. The highest BCUT2D eigenvalue weighted by Gasteiger charge is 2.29. The number of carbonyl (C=O) groups excluding carboxylic acids is 3. The summed E-state index contributed by atoms with van der Waals surface area (Å²) in [6.45, 7) is 2.14. The van der Waals surface area contributed by atoms with Gasteiger partial charge in [-0.25, -0.2) is 4.98 Å². The van der Waals surface area contributed by atoms with E-state index in [1.807, 2.05) is 0 Å². The Kier molecular flexibility index (Phi) is 8.18. The molecule has 0 aliphatic heterocycles. The van der Waals surface area contributed by atoms with E-state index in [0.29, 0.717) is 43.0 Å². The van der Waals surface area contributed by atoms with Crippen molar-refractivity contribution in [3.05, 3.63) is 41.2 Å². The standard InChI is InChI=1S/C21H27ClN6O4/c1-12(10-32-2)26-20(30)17-18(25-11-24-17)21(31)27-14-5-3-13(4-6-14)19(29)28-16-9-23-8-7-15(16)22/h7-9,11-14H,3-6,10H2,1-2H3,(H,24,25)(H,26,30)(H,27,31)(H,28,29)/t12?,13-,14-. The highest BCUT2D eigenvalue weighted by atomic mass is 35.5. The highest BCUT2D eigenvalue weighted by molar-refractivity contribution is 6.33. The number of nitrogens with one attached hydrogen (secondary N) is 4. The molecule has 2 aromatic rings. The number of methoxy groups -OCH3 is 1. The van der Waals surface area contributed by atoms with Gasteiger partial charge in [0.05, 0.1) is 29.8 Å². The lowest BCUT2D eigenvalue weighted by Crippen LogP contribution is -2.41. The Morgan fingerprint density at radius 3 is 2.69 bits per heavy atom. The summed E-state index contributed by atoms with van der Waals surface area (Å²) in [5, 5.41) is 8.93. The molecule has 3 amide bonds. The number of hydrogen-bond acceptors (Lipinski definition) is 6. The summed E-state index contributed by atoms with van der Waals surface area (Å²) in [6, 6.07) is 1.30. The van der Waals surface area contributed by atoms with Crippen molar-refractivity contribution in [2.24, 2.45) is 5.92 Å². The average molecular weight is 463 g/mol. The monoisotopic (exact) mass is 462 g/mol. The summed E-state index contributed by atoms with van der Waals surface area (Å²) < 4.78 is 5.00. The summed E-state index contributed by atoms with van der Waals surface area (Å²) in [4.78, 5) is 48.4. The van der Waals surface area contributed by atoms with Gasteiger partial charge in [0.1, 0.15) is 5.69 Å².